The molecule has 0 spiro atoms. The van der Waals surface area contributed by atoms with Crippen molar-refractivity contribution in [1.29, 1.82) is 0 Å². The van der Waals surface area contributed by atoms with E-state index in [2.05, 4.69) is 12.1 Å². The van der Waals surface area contributed by atoms with E-state index in [4.69, 9.17) is 9.84 Å². The van der Waals surface area contributed by atoms with E-state index < -0.39 is 0 Å². The molecule has 7 heteroatoms. The number of amides is 2. The number of carbonyl (C=O) groups is 2. The maximum atomic E-state index is 13.7. The Labute approximate surface area is 212 Å². The van der Waals surface area contributed by atoms with Crippen molar-refractivity contribution in [1.82, 2.24) is 19.6 Å². The van der Waals surface area contributed by atoms with Gasteiger partial charge in [0, 0.05) is 44.4 Å². The minimum Gasteiger partial charge on any atom is -0.497 e. The van der Waals surface area contributed by atoms with Gasteiger partial charge in [-0.25, -0.2) is 0 Å². The summed E-state index contributed by atoms with van der Waals surface area (Å²) in [6, 6.07) is 17.8. The van der Waals surface area contributed by atoms with Gasteiger partial charge in [-0.2, -0.15) is 5.10 Å². The minimum absolute atomic E-state index is 0.00412. The first kappa shape index (κ1) is 24.1. The predicted molar refractivity (Wildman–Crippen MR) is 139 cm³/mol. The number of aromatic nitrogens is 2. The molecule has 1 aromatic heterocycles. The molecule has 0 atom stereocenters. The van der Waals surface area contributed by atoms with Gasteiger partial charge < -0.3 is 14.5 Å². The lowest BCUT2D eigenvalue weighted by Crippen LogP contribution is -2.40. The first-order valence-corrected chi connectivity index (χ1v) is 12.9. The summed E-state index contributed by atoms with van der Waals surface area (Å²) in [5, 5.41) is 4.82. The van der Waals surface area contributed by atoms with Crippen molar-refractivity contribution < 1.29 is 14.3 Å². The molecule has 2 amide bonds. The molecule has 0 bridgehead atoms. The van der Waals surface area contributed by atoms with Gasteiger partial charge >= 0.3 is 0 Å². The Morgan fingerprint density at radius 3 is 2.28 bits per heavy atom. The molecule has 0 unspecified atom stereocenters. The highest BCUT2D eigenvalue weighted by Gasteiger charge is 2.29. The van der Waals surface area contributed by atoms with Crippen LogP contribution in [-0.4, -0.2) is 64.7 Å². The maximum absolute atomic E-state index is 13.7. The van der Waals surface area contributed by atoms with Gasteiger partial charge in [0.25, 0.3) is 5.91 Å². The third-order valence-corrected chi connectivity index (χ3v) is 7.37. The lowest BCUT2D eigenvalue weighted by molar-refractivity contribution is -0.131. The largest absolute Gasteiger partial charge is 0.497 e. The van der Waals surface area contributed by atoms with E-state index in [9.17, 15) is 9.59 Å². The van der Waals surface area contributed by atoms with Crippen LogP contribution < -0.4 is 4.74 Å². The molecule has 5 rings (SSSR count). The lowest BCUT2D eigenvalue weighted by atomic mass is 9.92. The van der Waals surface area contributed by atoms with Crippen molar-refractivity contribution in [2.45, 2.75) is 38.6 Å². The number of hydrogen-bond acceptors (Lipinski definition) is 4. The molecule has 188 valence electrons. The Morgan fingerprint density at radius 2 is 1.61 bits per heavy atom. The zero-order valence-corrected chi connectivity index (χ0v) is 20.9. The van der Waals surface area contributed by atoms with Gasteiger partial charge in [-0.15, -0.1) is 0 Å². The van der Waals surface area contributed by atoms with Gasteiger partial charge in [0.1, 0.15) is 11.4 Å². The van der Waals surface area contributed by atoms with E-state index in [0.717, 1.165) is 55.6 Å². The fraction of sp³-hybridized carbons (Fsp3) is 0.414. The third kappa shape index (κ3) is 5.45. The highest BCUT2D eigenvalue weighted by atomic mass is 16.5. The van der Waals surface area contributed by atoms with Crippen LogP contribution in [0.3, 0.4) is 0 Å². The normalized spacial score (nSPS) is 16.4. The van der Waals surface area contributed by atoms with Gasteiger partial charge in [0.15, 0.2) is 0 Å². The molecule has 3 heterocycles. The predicted octanol–water partition coefficient (Wildman–Crippen LogP) is 4.47. The van der Waals surface area contributed by atoms with Gasteiger partial charge in [0.05, 0.1) is 19.2 Å². The van der Waals surface area contributed by atoms with Crippen LogP contribution in [-0.2, 0) is 11.3 Å². The summed E-state index contributed by atoms with van der Waals surface area (Å²) in [6.45, 7) is 3.73. The molecule has 2 aliphatic heterocycles. The van der Waals surface area contributed by atoms with E-state index in [1.807, 2.05) is 63.1 Å². The molecular weight excluding hydrogens is 452 g/mol. The van der Waals surface area contributed by atoms with Gasteiger partial charge in [-0.3, -0.25) is 14.3 Å². The first-order chi connectivity index (χ1) is 17.6. The number of hydrogen-bond donors (Lipinski definition) is 0. The molecule has 2 fully saturated rings. The van der Waals surface area contributed by atoms with Crippen LogP contribution in [0.2, 0.25) is 0 Å². The number of carbonyl (C=O) groups excluding carboxylic acids is 2. The number of likely N-dealkylation sites (tertiary alicyclic amines) is 2. The highest BCUT2D eigenvalue weighted by molar-refractivity contribution is 6.00. The second kappa shape index (κ2) is 11.0. The second-order valence-corrected chi connectivity index (χ2v) is 9.83. The van der Waals surface area contributed by atoms with Crippen LogP contribution in [0, 0.1) is 5.92 Å². The minimum atomic E-state index is 0.00412. The molecule has 2 aliphatic rings. The standard InChI is InChI=1S/C29H34N4O3/c1-36-25-11-9-24(10-12-25)28-26(21-33(30-28)20-23-7-3-2-4-8-23)29(35)32-17-13-22(14-18-32)19-27(34)31-15-5-6-16-31/h2-4,7-12,21-22H,5-6,13-20H2,1H3. The average Bonchev–Trinajstić information content (AvgIpc) is 3.60. The van der Waals surface area contributed by atoms with Crippen LogP contribution in [0.4, 0.5) is 0 Å². The van der Waals surface area contributed by atoms with Gasteiger partial charge in [-0.1, -0.05) is 30.3 Å². The molecule has 36 heavy (non-hydrogen) atoms. The molecule has 2 aromatic carbocycles. The van der Waals surface area contributed by atoms with Gasteiger partial charge in [0.2, 0.25) is 5.91 Å². The number of ether oxygens (including phenoxy) is 1. The van der Waals surface area contributed by atoms with E-state index in [1.165, 1.54) is 0 Å². The molecule has 3 aromatic rings. The average molecular weight is 487 g/mol. The summed E-state index contributed by atoms with van der Waals surface area (Å²) >= 11 is 0. The lowest BCUT2D eigenvalue weighted by Gasteiger charge is -2.32. The summed E-state index contributed by atoms with van der Waals surface area (Å²) in [5.41, 5.74) is 3.31. The van der Waals surface area contributed by atoms with Crippen LogP contribution in [0.25, 0.3) is 11.3 Å². The number of methoxy groups -OCH3 is 1. The molecule has 0 aliphatic carbocycles. The quantitative estimate of drug-likeness (QED) is 0.494. The highest BCUT2D eigenvalue weighted by Crippen LogP contribution is 2.28. The summed E-state index contributed by atoms with van der Waals surface area (Å²) < 4.78 is 7.16. The Kier molecular flexibility index (Phi) is 7.35. The SMILES string of the molecule is COc1ccc(-c2nn(Cc3ccccc3)cc2C(=O)N2CCC(CC(=O)N3CCCC3)CC2)cc1. The number of benzene rings is 2. The van der Waals surface area contributed by atoms with Crippen molar-refractivity contribution in [2.75, 3.05) is 33.3 Å². The Balaban J connectivity index is 1.31. The monoisotopic (exact) mass is 486 g/mol. The molecule has 0 N–H and O–H groups in total. The number of rotatable bonds is 7. The van der Waals surface area contributed by atoms with Crippen LogP contribution in [0.1, 0.15) is 48.0 Å². The van der Waals surface area contributed by atoms with Crippen molar-refractivity contribution in [3.05, 3.63) is 71.9 Å². The first-order valence-electron chi connectivity index (χ1n) is 12.9. The summed E-state index contributed by atoms with van der Waals surface area (Å²) in [6.07, 6.45) is 6.44. The molecule has 0 radical (unpaired) electrons. The molecular formula is C29H34N4O3. The smallest absolute Gasteiger partial charge is 0.257 e. The zero-order chi connectivity index (χ0) is 24.9. The third-order valence-electron chi connectivity index (χ3n) is 7.37. The fourth-order valence-electron chi connectivity index (χ4n) is 5.24. The Hall–Kier alpha value is -3.61. The van der Waals surface area contributed by atoms with Crippen molar-refractivity contribution in [3.8, 4) is 17.0 Å². The van der Waals surface area contributed by atoms with E-state index in [1.54, 1.807) is 7.11 Å². The second-order valence-electron chi connectivity index (χ2n) is 9.83. The summed E-state index contributed by atoms with van der Waals surface area (Å²) in [7, 11) is 1.64. The molecule has 7 nitrogen and oxygen atoms in total. The van der Waals surface area contributed by atoms with Crippen molar-refractivity contribution in [3.63, 3.8) is 0 Å². The Morgan fingerprint density at radius 1 is 0.917 bits per heavy atom. The van der Waals surface area contributed by atoms with E-state index in [-0.39, 0.29) is 11.8 Å². The number of piperidine rings is 1. The van der Waals surface area contributed by atoms with Crippen LogP contribution in [0.15, 0.2) is 60.8 Å². The van der Waals surface area contributed by atoms with E-state index >= 15 is 0 Å². The van der Waals surface area contributed by atoms with E-state index in [0.29, 0.717) is 43.2 Å². The van der Waals surface area contributed by atoms with Crippen LogP contribution >= 0.6 is 0 Å². The van der Waals surface area contributed by atoms with Crippen molar-refractivity contribution in [2.24, 2.45) is 5.92 Å². The summed E-state index contributed by atoms with van der Waals surface area (Å²) in [5.74, 6) is 1.40. The topological polar surface area (TPSA) is 67.7 Å². The fourth-order valence-corrected chi connectivity index (χ4v) is 5.24. The number of nitrogens with zero attached hydrogens (tertiary/aromatic N) is 4. The van der Waals surface area contributed by atoms with Crippen molar-refractivity contribution >= 4 is 11.8 Å². The van der Waals surface area contributed by atoms with Gasteiger partial charge in [-0.05, 0) is 61.4 Å². The Bertz CT molecular complexity index is 1170. The zero-order valence-electron chi connectivity index (χ0n) is 20.9. The maximum Gasteiger partial charge on any atom is 0.257 e. The molecule has 2 saturated heterocycles. The van der Waals surface area contributed by atoms with Crippen LogP contribution in [0.5, 0.6) is 5.75 Å². The summed E-state index contributed by atoms with van der Waals surface area (Å²) in [4.78, 5) is 30.2. The molecule has 0 saturated carbocycles.